The van der Waals surface area contributed by atoms with Gasteiger partial charge in [0.25, 0.3) is 5.69 Å². The van der Waals surface area contributed by atoms with Crippen molar-refractivity contribution in [1.29, 1.82) is 0 Å². The van der Waals surface area contributed by atoms with Gasteiger partial charge in [-0.05, 0) is 43.6 Å². The molecule has 0 heterocycles. The van der Waals surface area contributed by atoms with E-state index in [9.17, 15) is 10.1 Å². The molecule has 1 aliphatic rings. The molecule has 0 radical (unpaired) electrons. The van der Waals surface area contributed by atoms with Gasteiger partial charge >= 0.3 is 0 Å². The van der Waals surface area contributed by atoms with Crippen molar-refractivity contribution in [2.24, 2.45) is 11.8 Å². The van der Waals surface area contributed by atoms with Gasteiger partial charge < -0.3 is 0 Å². The molecule has 3 nitrogen and oxygen atoms in total. The van der Waals surface area contributed by atoms with Crippen LogP contribution in [0.1, 0.15) is 31.7 Å². The Balaban J connectivity index is 2.20. The average Bonchev–Trinajstić information content (AvgIpc) is 2.35. The van der Waals surface area contributed by atoms with E-state index in [0.717, 1.165) is 29.3 Å². The smallest absolute Gasteiger partial charge is 0.258 e. The highest BCUT2D eigenvalue weighted by Crippen LogP contribution is 2.36. The van der Waals surface area contributed by atoms with E-state index in [0.29, 0.717) is 18.3 Å². The molecule has 1 saturated carbocycles. The van der Waals surface area contributed by atoms with Crippen molar-refractivity contribution in [3.8, 4) is 0 Å². The second-order valence-electron chi connectivity index (χ2n) is 5.43. The summed E-state index contributed by atoms with van der Waals surface area (Å²) < 4.78 is 0.738. The summed E-state index contributed by atoms with van der Waals surface area (Å²) in [5, 5.41) is 11.3. The number of rotatable bonds is 3. The van der Waals surface area contributed by atoms with Gasteiger partial charge in [0.15, 0.2) is 0 Å². The molecule has 0 N–H and O–H groups in total. The molecule has 5 heteroatoms. The number of nitro benzene ring substituents is 1. The first-order valence-electron chi connectivity index (χ1n) is 6.54. The molecule has 0 spiro atoms. The lowest BCUT2D eigenvalue weighted by molar-refractivity contribution is -0.385. The molecule has 1 aromatic carbocycles. The van der Waals surface area contributed by atoms with E-state index in [2.05, 4.69) is 22.9 Å². The molecule has 1 aliphatic carbocycles. The SMILES string of the molecule is CC1CCC(Cl)C(Cc2ccc(Br)cc2[N+](=O)[O-])C1. The number of halogens is 2. The number of hydrogen-bond acceptors (Lipinski definition) is 2. The van der Waals surface area contributed by atoms with E-state index in [1.807, 2.05) is 12.1 Å². The van der Waals surface area contributed by atoms with E-state index in [-0.39, 0.29) is 16.0 Å². The van der Waals surface area contributed by atoms with Gasteiger partial charge in [0.2, 0.25) is 0 Å². The van der Waals surface area contributed by atoms with Crippen molar-refractivity contribution < 1.29 is 4.92 Å². The van der Waals surface area contributed by atoms with Gasteiger partial charge in [-0.3, -0.25) is 10.1 Å². The molecule has 3 unspecified atom stereocenters. The first kappa shape index (κ1) is 14.8. The molecular weight excluding hydrogens is 330 g/mol. The van der Waals surface area contributed by atoms with Gasteiger partial charge in [0, 0.05) is 21.5 Å². The Labute approximate surface area is 126 Å². The summed E-state index contributed by atoms with van der Waals surface area (Å²) in [6.45, 7) is 2.23. The first-order chi connectivity index (χ1) is 8.97. The van der Waals surface area contributed by atoms with Crippen LogP contribution in [0.25, 0.3) is 0 Å². The maximum atomic E-state index is 11.1. The Bertz CT molecular complexity index is 481. The fourth-order valence-electron chi connectivity index (χ4n) is 2.84. The largest absolute Gasteiger partial charge is 0.273 e. The lowest BCUT2D eigenvalue weighted by Gasteiger charge is -2.31. The predicted octanol–water partition coefficient (Wildman–Crippen LogP) is 4.94. The Morgan fingerprint density at radius 2 is 2.21 bits per heavy atom. The van der Waals surface area contributed by atoms with Gasteiger partial charge in [-0.25, -0.2) is 0 Å². The number of nitrogens with zero attached hydrogens (tertiary/aromatic N) is 1. The molecule has 0 aromatic heterocycles. The maximum absolute atomic E-state index is 11.1. The monoisotopic (exact) mass is 345 g/mol. The van der Waals surface area contributed by atoms with Gasteiger partial charge in [-0.1, -0.05) is 28.9 Å². The van der Waals surface area contributed by atoms with Crippen molar-refractivity contribution in [3.05, 3.63) is 38.3 Å². The molecule has 2 rings (SSSR count). The summed E-state index contributed by atoms with van der Waals surface area (Å²) in [6.07, 6.45) is 3.92. The molecule has 104 valence electrons. The second-order valence-corrected chi connectivity index (χ2v) is 6.90. The predicted molar refractivity (Wildman–Crippen MR) is 80.6 cm³/mol. The van der Waals surface area contributed by atoms with Crippen LogP contribution in [0, 0.1) is 22.0 Å². The Morgan fingerprint density at radius 1 is 1.47 bits per heavy atom. The Hall–Kier alpha value is -0.610. The van der Waals surface area contributed by atoms with E-state index in [1.54, 1.807) is 6.07 Å². The van der Waals surface area contributed by atoms with Gasteiger partial charge in [0.1, 0.15) is 0 Å². The lowest BCUT2D eigenvalue weighted by Crippen LogP contribution is -2.26. The van der Waals surface area contributed by atoms with Crippen molar-refractivity contribution in [2.45, 2.75) is 38.0 Å². The van der Waals surface area contributed by atoms with Crippen LogP contribution in [-0.2, 0) is 6.42 Å². The Kier molecular flexibility index (Phi) is 4.85. The van der Waals surface area contributed by atoms with Crippen LogP contribution in [0.2, 0.25) is 0 Å². The van der Waals surface area contributed by atoms with Crippen LogP contribution in [0.5, 0.6) is 0 Å². The van der Waals surface area contributed by atoms with Gasteiger partial charge in [0.05, 0.1) is 4.92 Å². The zero-order chi connectivity index (χ0) is 14.0. The zero-order valence-electron chi connectivity index (χ0n) is 10.8. The normalized spacial score (nSPS) is 27.2. The molecule has 1 aromatic rings. The van der Waals surface area contributed by atoms with Crippen LogP contribution in [-0.4, -0.2) is 10.3 Å². The summed E-state index contributed by atoms with van der Waals surface area (Å²) in [5.41, 5.74) is 0.981. The summed E-state index contributed by atoms with van der Waals surface area (Å²) in [6, 6.07) is 5.27. The highest BCUT2D eigenvalue weighted by atomic mass is 79.9. The third kappa shape index (κ3) is 3.69. The van der Waals surface area contributed by atoms with Crippen LogP contribution in [0.4, 0.5) is 5.69 Å². The highest BCUT2D eigenvalue weighted by Gasteiger charge is 2.29. The minimum Gasteiger partial charge on any atom is -0.258 e. The van der Waals surface area contributed by atoms with Gasteiger partial charge in [-0.15, -0.1) is 11.6 Å². The molecule has 0 aliphatic heterocycles. The number of benzene rings is 1. The van der Waals surface area contributed by atoms with Crippen molar-refractivity contribution in [2.75, 3.05) is 0 Å². The zero-order valence-corrected chi connectivity index (χ0v) is 13.2. The summed E-state index contributed by atoms with van der Waals surface area (Å²) >= 11 is 9.66. The van der Waals surface area contributed by atoms with Gasteiger partial charge in [-0.2, -0.15) is 0 Å². The quantitative estimate of drug-likeness (QED) is 0.442. The molecule has 0 saturated heterocycles. The summed E-state index contributed by atoms with van der Waals surface area (Å²) in [4.78, 5) is 10.8. The van der Waals surface area contributed by atoms with Crippen LogP contribution in [0.15, 0.2) is 22.7 Å². The van der Waals surface area contributed by atoms with E-state index in [1.165, 1.54) is 0 Å². The van der Waals surface area contributed by atoms with Crippen molar-refractivity contribution in [3.63, 3.8) is 0 Å². The number of hydrogen-bond donors (Lipinski definition) is 0. The molecular formula is C14H17BrClNO2. The summed E-state index contributed by atoms with van der Waals surface area (Å²) in [5.74, 6) is 1.000. The van der Waals surface area contributed by atoms with Crippen LogP contribution < -0.4 is 0 Å². The standard InChI is InChI=1S/C14H17BrClNO2/c1-9-2-5-13(16)11(6-9)7-10-3-4-12(15)8-14(10)17(18)19/h3-4,8-9,11,13H,2,5-7H2,1H3. The maximum Gasteiger partial charge on any atom is 0.273 e. The van der Waals surface area contributed by atoms with Crippen molar-refractivity contribution in [1.82, 2.24) is 0 Å². The van der Waals surface area contributed by atoms with E-state index >= 15 is 0 Å². The second kappa shape index (κ2) is 6.23. The van der Waals surface area contributed by atoms with E-state index in [4.69, 9.17) is 11.6 Å². The molecule has 0 amide bonds. The lowest BCUT2D eigenvalue weighted by atomic mass is 9.79. The van der Waals surface area contributed by atoms with Crippen LogP contribution >= 0.6 is 27.5 Å². The fourth-order valence-corrected chi connectivity index (χ4v) is 3.50. The highest BCUT2D eigenvalue weighted by molar-refractivity contribution is 9.10. The van der Waals surface area contributed by atoms with Crippen LogP contribution in [0.3, 0.4) is 0 Å². The minimum absolute atomic E-state index is 0.138. The average molecular weight is 347 g/mol. The fraction of sp³-hybridized carbons (Fsp3) is 0.571. The number of alkyl halides is 1. The number of nitro groups is 1. The third-order valence-electron chi connectivity index (χ3n) is 3.88. The molecule has 0 bridgehead atoms. The topological polar surface area (TPSA) is 43.1 Å². The minimum atomic E-state index is -0.310. The van der Waals surface area contributed by atoms with E-state index < -0.39 is 0 Å². The first-order valence-corrected chi connectivity index (χ1v) is 7.77. The van der Waals surface area contributed by atoms with Crippen molar-refractivity contribution >= 4 is 33.2 Å². The summed E-state index contributed by atoms with van der Waals surface area (Å²) in [7, 11) is 0. The molecule has 1 fully saturated rings. The third-order valence-corrected chi connectivity index (χ3v) is 4.95. The Morgan fingerprint density at radius 3 is 2.89 bits per heavy atom. The molecule has 3 atom stereocenters. The molecule has 19 heavy (non-hydrogen) atoms.